The SMILES string of the molecule is CC(=O)Oc1ccc(C(O)CNCCCCCCOCCOCc2cc(C)cc(C)c2)cc1CO. The van der Waals surface area contributed by atoms with Crippen molar-refractivity contribution < 1.29 is 29.2 Å². The number of rotatable bonds is 17. The standard InChI is InChI=1S/C28H41NO6/c1-21-14-22(2)16-24(15-21)20-34-13-12-33-11-7-5-4-6-10-29-18-27(32)25-8-9-28(35-23(3)31)26(17-25)19-30/h8-9,14-17,27,29-30,32H,4-7,10-13,18-20H2,1-3H3. The molecule has 0 aliphatic carbocycles. The number of aryl methyl sites for hydroxylation is 2. The summed E-state index contributed by atoms with van der Waals surface area (Å²) < 4.78 is 16.4. The molecule has 0 heterocycles. The van der Waals surface area contributed by atoms with E-state index < -0.39 is 12.1 Å². The van der Waals surface area contributed by atoms with Crippen molar-refractivity contribution in [3.05, 3.63) is 64.2 Å². The normalized spacial score (nSPS) is 12.0. The summed E-state index contributed by atoms with van der Waals surface area (Å²) in [7, 11) is 0. The molecule has 0 fully saturated rings. The van der Waals surface area contributed by atoms with Gasteiger partial charge in [0, 0.05) is 25.6 Å². The monoisotopic (exact) mass is 487 g/mol. The molecule has 194 valence electrons. The average molecular weight is 488 g/mol. The molecule has 2 rings (SSSR count). The zero-order valence-corrected chi connectivity index (χ0v) is 21.3. The minimum Gasteiger partial charge on any atom is -0.426 e. The minimum absolute atomic E-state index is 0.263. The molecule has 0 aromatic heterocycles. The molecule has 0 spiro atoms. The van der Waals surface area contributed by atoms with Gasteiger partial charge in [0.25, 0.3) is 0 Å². The highest BCUT2D eigenvalue weighted by Crippen LogP contribution is 2.24. The van der Waals surface area contributed by atoms with Crippen molar-refractivity contribution in [2.75, 3.05) is 32.9 Å². The molecule has 0 aliphatic heterocycles. The van der Waals surface area contributed by atoms with Crippen LogP contribution >= 0.6 is 0 Å². The van der Waals surface area contributed by atoms with Crippen molar-refractivity contribution in [2.45, 2.75) is 65.8 Å². The van der Waals surface area contributed by atoms with E-state index in [1.54, 1.807) is 18.2 Å². The van der Waals surface area contributed by atoms with E-state index in [2.05, 4.69) is 37.4 Å². The molecule has 0 amide bonds. The van der Waals surface area contributed by atoms with Crippen molar-refractivity contribution in [3.63, 3.8) is 0 Å². The number of ether oxygens (including phenoxy) is 3. The lowest BCUT2D eigenvalue weighted by Gasteiger charge is -2.15. The maximum atomic E-state index is 11.1. The van der Waals surface area contributed by atoms with E-state index in [0.717, 1.165) is 38.8 Å². The van der Waals surface area contributed by atoms with Crippen LogP contribution in [0.5, 0.6) is 5.75 Å². The Morgan fingerprint density at radius 1 is 0.943 bits per heavy atom. The molecule has 1 atom stereocenters. The Labute approximate surface area is 209 Å². The molecular formula is C28H41NO6. The van der Waals surface area contributed by atoms with Crippen LogP contribution in [0.2, 0.25) is 0 Å². The van der Waals surface area contributed by atoms with Crippen LogP contribution in [0.1, 0.15) is 66.5 Å². The number of hydrogen-bond acceptors (Lipinski definition) is 7. The zero-order chi connectivity index (χ0) is 25.5. The van der Waals surface area contributed by atoms with Gasteiger partial charge in [-0.1, -0.05) is 48.2 Å². The summed E-state index contributed by atoms with van der Waals surface area (Å²) in [5.41, 5.74) is 4.88. The van der Waals surface area contributed by atoms with E-state index in [1.807, 2.05) is 0 Å². The van der Waals surface area contributed by atoms with Crippen LogP contribution in [0.4, 0.5) is 0 Å². The van der Waals surface area contributed by atoms with Gasteiger partial charge in [0.05, 0.1) is 32.5 Å². The zero-order valence-electron chi connectivity index (χ0n) is 21.3. The maximum absolute atomic E-state index is 11.1. The first-order valence-electron chi connectivity index (χ1n) is 12.4. The third kappa shape index (κ3) is 11.8. The van der Waals surface area contributed by atoms with E-state index >= 15 is 0 Å². The van der Waals surface area contributed by atoms with Gasteiger partial charge in [0.1, 0.15) is 5.75 Å². The van der Waals surface area contributed by atoms with Gasteiger partial charge in [-0.25, -0.2) is 0 Å². The highest BCUT2D eigenvalue weighted by Gasteiger charge is 2.12. The first kappa shape index (κ1) is 28.9. The third-order valence-corrected chi connectivity index (χ3v) is 5.55. The first-order chi connectivity index (χ1) is 16.9. The molecular weight excluding hydrogens is 446 g/mol. The van der Waals surface area contributed by atoms with E-state index in [9.17, 15) is 15.0 Å². The van der Waals surface area contributed by atoms with Gasteiger partial charge in [-0.2, -0.15) is 0 Å². The fraction of sp³-hybridized carbons (Fsp3) is 0.536. The van der Waals surface area contributed by atoms with Crippen LogP contribution in [0, 0.1) is 13.8 Å². The Kier molecular flexibility index (Phi) is 13.6. The molecule has 35 heavy (non-hydrogen) atoms. The summed E-state index contributed by atoms with van der Waals surface area (Å²) in [5, 5.41) is 23.1. The van der Waals surface area contributed by atoms with E-state index in [0.29, 0.717) is 43.2 Å². The molecule has 2 aromatic carbocycles. The van der Waals surface area contributed by atoms with E-state index in [-0.39, 0.29) is 6.61 Å². The Morgan fingerprint density at radius 2 is 1.66 bits per heavy atom. The second kappa shape index (κ2) is 16.4. The number of benzene rings is 2. The van der Waals surface area contributed by atoms with Gasteiger partial charge in [0.2, 0.25) is 0 Å². The Balaban J connectivity index is 1.46. The summed E-state index contributed by atoms with van der Waals surface area (Å²) in [6.07, 6.45) is 3.56. The van der Waals surface area contributed by atoms with Gasteiger partial charge < -0.3 is 29.7 Å². The Bertz CT molecular complexity index is 881. The number of esters is 1. The van der Waals surface area contributed by atoms with E-state index in [1.165, 1.54) is 23.6 Å². The second-order valence-electron chi connectivity index (χ2n) is 8.91. The molecule has 7 heteroatoms. The number of nitrogens with one attached hydrogen (secondary N) is 1. The van der Waals surface area contributed by atoms with Crippen LogP contribution in [-0.2, 0) is 27.5 Å². The summed E-state index contributed by atoms with van der Waals surface area (Å²) in [5.74, 6) is -0.128. The lowest BCUT2D eigenvalue weighted by atomic mass is 10.1. The predicted octanol–water partition coefficient (Wildman–Crippen LogP) is 4.14. The molecule has 0 saturated heterocycles. The summed E-state index contributed by atoms with van der Waals surface area (Å²) in [4.78, 5) is 11.1. The first-order valence-corrected chi connectivity index (χ1v) is 12.4. The second-order valence-corrected chi connectivity index (χ2v) is 8.91. The predicted molar refractivity (Wildman–Crippen MR) is 136 cm³/mol. The smallest absolute Gasteiger partial charge is 0.308 e. The average Bonchev–Trinajstić information content (AvgIpc) is 2.81. The van der Waals surface area contributed by atoms with Crippen molar-refractivity contribution >= 4 is 5.97 Å². The molecule has 0 bridgehead atoms. The number of aliphatic hydroxyl groups excluding tert-OH is 2. The van der Waals surface area contributed by atoms with Crippen molar-refractivity contribution in [1.82, 2.24) is 5.32 Å². The van der Waals surface area contributed by atoms with Crippen molar-refractivity contribution in [3.8, 4) is 5.75 Å². The highest BCUT2D eigenvalue weighted by atomic mass is 16.5. The van der Waals surface area contributed by atoms with Gasteiger partial charge in [-0.3, -0.25) is 4.79 Å². The lowest BCUT2D eigenvalue weighted by molar-refractivity contribution is -0.131. The maximum Gasteiger partial charge on any atom is 0.308 e. The number of hydrogen-bond donors (Lipinski definition) is 3. The summed E-state index contributed by atoms with van der Waals surface area (Å²) in [6, 6.07) is 11.4. The molecule has 0 saturated carbocycles. The fourth-order valence-electron chi connectivity index (χ4n) is 3.91. The molecule has 3 N–H and O–H groups in total. The molecule has 0 aliphatic rings. The van der Waals surface area contributed by atoms with Crippen molar-refractivity contribution in [2.24, 2.45) is 0 Å². The molecule has 2 aromatic rings. The molecule has 7 nitrogen and oxygen atoms in total. The number of carbonyl (C=O) groups is 1. The number of aliphatic hydroxyl groups is 2. The van der Waals surface area contributed by atoms with Crippen LogP contribution in [0.3, 0.4) is 0 Å². The van der Waals surface area contributed by atoms with Gasteiger partial charge in [0.15, 0.2) is 0 Å². The Morgan fingerprint density at radius 3 is 2.37 bits per heavy atom. The van der Waals surface area contributed by atoms with E-state index in [4.69, 9.17) is 14.2 Å². The molecule has 1 unspecified atom stereocenters. The third-order valence-electron chi connectivity index (χ3n) is 5.55. The van der Waals surface area contributed by atoms with Crippen LogP contribution < -0.4 is 10.1 Å². The van der Waals surface area contributed by atoms with Crippen LogP contribution in [0.25, 0.3) is 0 Å². The molecule has 0 radical (unpaired) electrons. The Hall–Kier alpha value is -2.29. The largest absolute Gasteiger partial charge is 0.426 e. The van der Waals surface area contributed by atoms with Gasteiger partial charge in [-0.15, -0.1) is 0 Å². The quantitative estimate of drug-likeness (QED) is 0.175. The number of carbonyl (C=O) groups excluding carboxylic acids is 1. The summed E-state index contributed by atoms with van der Waals surface area (Å²) >= 11 is 0. The lowest BCUT2D eigenvalue weighted by Crippen LogP contribution is -2.22. The van der Waals surface area contributed by atoms with Gasteiger partial charge >= 0.3 is 5.97 Å². The topological polar surface area (TPSA) is 97.3 Å². The van der Waals surface area contributed by atoms with Crippen molar-refractivity contribution in [1.29, 1.82) is 0 Å². The van der Waals surface area contributed by atoms with Crippen LogP contribution in [0.15, 0.2) is 36.4 Å². The minimum atomic E-state index is -0.697. The van der Waals surface area contributed by atoms with Gasteiger partial charge in [-0.05, 0) is 56.5 Å². The number of unbranched alkanes of at least 4 members (excludes halogenated alkanes) is 3. The summed E-state index contributed by atoms with van der Waals surface area (Å²) in [6.45, 7) is 9.07. The highest BCUT2D eigenvalue weighted by molar-refractivity contribution is 5.69. The van der Waals surface area contributed by atoms with Crippen LogP contribution in [-0.4, -0.2) is 49.1 Å². The fourth-order valence-corrected chi connectivity index (χ4v) is 3.91.